The van der Waals surface area contributed by atoms with Crippen LogP contribution < -0.4 is 0 Å². The molecule has 0 N–H and O–H groups in total. The highest BCUT2D eigenvalue weighted by atomic mass is 35.5. The lowest BCUT2D eigenvalue weighted by Gasteiger charge is -2.28. The van der Waals surface area contributed by atoms with Gasteiger partial charge in [-0.2, -0.15) is 0 Å². The molecule has 150 valence electrons. The van der Waals surface area contributed by atoms with E-state index in [1.54, 1.807) is 41.3 Å². The van der Waals surface area contributed by atoms with Gasteiger partial charge in [0.15, 0.2) is 5.76 Å². The molecular formula is C22H16ClN3O4. The number of aromatic nitrogens is 1. The number of halogens is 1. The Bertz CT molecular complexity index is 1150. The summed E-state index contributed by atoms with van der Waals surface area (Å²) < 4.78 is 5.53. The first-order valence-electron chi connectivity index (χ1n) is 9.49. The lowest BCUT2D eigenvalue weighted by Crippen LogP contribution is -2.44. The van der Waals surface area contributed by atoms with Gasteiger partial charge >= 0.3 is 0 Å². The minimum atomic E-state index is -0.437. The number of carbonyl (C=O) groups excluding carboxylic acids is 3. The minimum absolute atomic E-state index is 0.288. The molecule has 0 saturated heterocycles. The molecule has 0 fully saturated rings. The van der Waals surface area contributed by atoms with E-state index < -0.39 is 11.8 Å². The highest BCUT2D eigenvalue weighted by Crippen LogP contribution is 2.31. The number of fused-ring (bicyclic) bond motifs is 2. The number of nitrogens with zero attached hydrogens (tertiary/aromatic N) is 3. The maximum absolute atomic E-state index is 12.9. The third-order valence-electron chi connectivity index (χ3n) is 5.47. The van der Waals surface area contributed by atoms with Crippen LogP contribution in [-0.4, -0.2) is 45.8 Å². The van der Waals surface area contributed by atoms with Crippen molar-refractivity contribution in [3.8, 4) is 11.3 Å². The Morgan fingerprint density at radius 1 is 1.03 bits per heavy atom. The largest absolute Gasteiger partial charge is 0.356 e. The van der Waals surface area contributed by atoms with Gasteiger partial charge in [0.25, 0.3) is 11.8 Å². The predicted molar refractivity (Wildman–Crippen MR) is 108 cm³/mol. The Morgan fingerprint density at radius 3 is 2.37 bits per heavy atom. The van der Waals surface area contributed by atoms with Crippen molar-refractivity contribution in [1.29, 1.82) is 0 Å². The predicted octanol–water partition coefficient (Wildman–Crippen LogP) is 3.18. The number of hydrogen-bond donors (Lipinski definition) is 0. The van der Waals surface area contributed by atoms with E-state index >= 15 is 0 Å². The normalized spacial score (nSPS) is 15.4. The van der Waals surface area contributed by atoms with Crippen molar-refractivity contribution in [2.24, 2.45) is 0 Å². The summed E-state index contributed by atoms with van der Waals surface area (Å²) in [5.74, 6) is -0.569. The van der Waals surface area contributed by atoms with E-state index in [1.807, 2.05) is 12.1 Å². The molecule has 0 saturated carbocycles. The quantitative estimate of drug-likeness (QED) is 0.606. The van der Waals surface area contributed by atoms with Crippen LogP contribution in [0.5, 0.6) is 0 Å². The Balaban J connectivity index is 1.35. The van der Waals surface area contributed by atoms with E-state index in [9.17, 15) is 14.4 Å². The topological polar surface area (TPSA) is 83.7 Å². The number of amides is 3. The van der Waals surface area contributed by atoms with Gasteiger partial charge in [-0.25, -0.2) is 0 Å². The maximum Gasteiger partial charge on any atom is 0.262 e. The van der Waals surface area contributed by atoms with Gasteiger partial charge in [-0.3, -0.25) is 19.3 Å². The zero-order valence-corrected chi connectivity index (χ0v) is 16.6. The molecule has 2 aliphatic rings. The fraction of sp³-hybridized carbons (Fsp3) is 0.182. The summed E-state index contributed by atoms with van der Waals surface area (Å²) in [7, 11) is 0. The number of carbonyl (C=O) groups is 3. The SMILES string of the molecule is O=C(CN1C(=O)c2ccccc2C1=O)N1CCc2noc(-c3ccc(Cl)cc3)c2C1. The number of imide groups is 1. The van der Waals surface area contributed by atoms with Gasteiger partial charge in [0, 0.05) is 29.1 Å². The van der Waals surface area contributed by atoms with Crippen LogP contribution in [0, 0.1) is 0 Å². The van der Waals surface area contributed by atoms with Crippen LogP contribution in [0.4, 0.5) is 0 Å². The number of hydrogen-bond acceptors (Lipinski definition) is 5. The molecule has 0 radical (unpaired) electrons. The van der Waals surface area contributed by atoms with Gasteiger partial charge < -0.3 is 9.42 Å². The first-order valence-corrected chi connectivity index (χ1v) is 9.87. The number of rotatable bonds is 3. The van der Waals surface area contributed by atoms with Crippen LogP contribution in [-0.2, 0) is 17.8 Å². The first kappa shape index (κ1) is 18.6. The lowest BCUT2D eigenvalue weighted by molar-refractivity contribution is -0.132. The van der Waals surface area contributed by atoms with Gasteiger partial charge in [-0.15, -0.1) is 0 Å². The zero-order valence-electron chi connectivity index (χ0n) is 15.8. The second kappa shape index (κ2) is 7.11. The molecule has 0 unspecified atom stereocenters. The molecule has 2 aliphatic heterocycles. The van der Waals surface area contributed by atoms with Crippen molar-refractivity contribution in [1.82, 2.24) is 15.0 Å². The molecule has 0 aliphatic carbocycles. The molecular weight excluding hydrogens is 406 g/mol. The molecule has 3 heterocycles. The summed E-state index contributed by atoms with van der Waals surface area (Å²) in [6.45, 7) is 0.462. The molecule has 2 aromatic carbocycles. The van der Waals surface area contributed by atoms with Crippen molar-refractivity contribution in [3.05, 3.63) is 75.9 Å². The van der Waals surface area contributed by atoms with E-state index in [-0.39, 0.29) is 12.5 Å². The second-order valence-electron chi connectivity index (χ2n) is 7.25. The Labute approximate surface area is 176 Å². The van der Waals surface area contributed by atoms with Gasteiger partial charge in [-0.1, -0.05) is 28.9 Å². The van der Waals surface area contributed by atoms with E-state index in [4.69, 9.17) is 16.1 Å². The van der Waals surface area contributed by atoms with Crippen molar-refractivity contribution in [3.63, 3.8) is 0 Å². The van der Waals surface area contributed by atoms with Crippen molar-refractivity contribution in [2.45, 2.75) is 13.0 Å². The Morgan fingerprint density at radius 2 is 1.70 bits per heavy atom. The first-order chi connectivity index (χ1) is 14.5. The molecule has 3 aromatic rings. The third kappa shape index (κ3) is 2.98. The molecule has 0 bridgehead atoms. The molecule has 8 heteroatoms. The molecule has 5 rings (SSSR count). The van der Waals surface area contributed by atoms with E-state index in [1.165, 1.54) is 0 Å². The van der Waals surface area contributed by atoms with Crippen LogP contribution in [0.15, 0.2) is 53.1 Å². The monoisotopic (exact) mass is 421 g/mol. The van der Waals surface area contributed by atoms with Crippen molar-refractivity contribution in [2.75, 3.05) is 13.1 Å². The fourth-order valence-corrected chi connectivity index (χ4v) is 4.00. The van der Waals surface area contributed by atoms with Crippen LogP contribution in [0.25, 0.3) is 11.3 Å². The molecule has 30 heavy (non-hydrogen) atoms. The summed E-state index contributed by atoms with van der Waals surface area (Å²) >= 11 is 5.96. The maximum atomic E-state index is 12.9. The van der Waals surface area contributed by atoms with Crippen LogP contribution in [0.2, 0.25) is 5.02 Å². The highest BCUT2D eigenvalue weighted by molar-refractivity contribution is 6.30. The van der Waals surface area contributed by atoms with E-state index in [0.29, 0.717) is 41.4 Å². The Hall–Kier alpha value is -3.45. The number of benzene rings is 2. The van der Waals surface area contributed by atoms with Crippen molar-refractivity contribution < 1.29 is 18.9 Å². The summed E-state index contributed by atoms with van der Waals surface area (Å²) in [6.07, 6.45) is 0.542. The molecule has 0 spiro atoms. The Kier molecular flexibility index (Phi) is 4.40. The van der Waals surface area contributed by atoms with Gasteiger partial charge in [0.1, 0.15) is 6.54 Å². The standard InChI is InChI=1S/C22H16ClN3O4/c23-14-7-5-13(6-8-14)20-17-11-25(10-9-18(17)24-30-20)19(27)12-26-21(28)15-3-1-2-4-16(15)22(26)29/h1-8H,9-12H2. The molecule has 0 atom stereocenters. The molecule has 1 aromatic heterocycles. The van der Waals surface area contributed by atoms with Gasteiger partial charge in [0.2, 0.25) is 5.91 Å². The smallest absolute Gasteiger partial charge is 0.262 e. The summed E-state index contributed by atoms with van der Waals surface area (Å²) in [6, 6.07) is 13.8. The van der Waals surface area contributed by atoms with E-state index in [0.717, 1.165) is 21.7 Å². The average molecular weight is 422 g/mol. The van der Waals surface area contributed by atoms with Crippen molar-refractivity contribution >= 4 is 29.3 Å². The van der Waals surface area contributed by atoms with Gasteiger partial charge in [0.05, 0.1) is 23.4 Å². The molecule has 7 nitrogen and oxygen atoms in total. The summed E-state index contributed by atoms with van der Waals surface area (Å²) in [4.78, 5) is 40.7. The van der Waals surface area contributed by atoms with E-state index in [2.05, 4.69) is 5.16 Å². The summed E-state index contributed by atoms with van der Waals surface area (Å²) in [5, 5.41) is 4.75. The molecule has 3 amide bonds. The van der Waals surface area contributed by atoms with Crippen LogP contribution in [0.3, 0.4) is 0 Å². The van der Waals surface area contributed by atoms with Crippen LogP contribution >= 0.6 is 11.6 Å². The van der Waals surface area contributed by atoms with Crippen LogP contribution in [0.1, 0.15) is 32.0 Å². The van der Waals surface area contributed by atoms with Gasteiger partial charge in [-0.05, 0) is 36.4 Å². The summed E-state index contributed by atoms with van der Waals surface area (Å²) in [5.41, 5.74) is 3.13. The highest BCUT2D eigenvalue weighted by Gasteiger charge is 2.38. The average Bonchev–Trinajstić information content (AvgIpc) is 3.29. The minimum Gasteiger partial charge on any atom is -0.356 e. The lowest BCUT2D eigenvalue weighted by atomic mass is 10.0. The zero-order chi connectivity index (χ0) is 20.8. The fourth-order valence-electron chi connectivity index (χ4n) is 3.87. The third-order valence-corrected chi connectivity index (χ3v) is 5.72. The second-order valence-corrected chi connectivity index (χ2v) is 7.69.